The summed E-state index contributed by atoms with van der Waals surface area (Å²) in [4.78, 5) is 30.0. The van der Waals surface area contributed by atoms with Crippen LogP contribution in [0.25, 0.3) is 0 Å². The Morgan fingerprint density at radius 3 is 2.77 bits per heavy atom. The zero-order valence-electron chi connectivity index (χ0n) is 14.5. The van der Waals surface area contributed by atoms with E-state index >= 15 is 0 Å². The first-order chi connectivity index (χ1) is 12.3. The molecule has 26 heavy (non-hydrogen) atoms. The minimum atomic E-state index is -0.687. The maximum atomic E-state index is 14.1. The monoisotopic (exact) mass is 382 g/mol. The molecule has 0 aliphatic heterocycles. The van der Waals surface area contributed by atoms with Crippen molar-refractivity contribution in [1.82, 2.24) is 15.3 Å². The molecule has 1 aromatic carbocycles. The Bertz CT molecular complexity index is 872. The molecule has 10 heteroatoms. The van der Waals surface area contributed by atoms with Gasteiger partial charge in [0.15, 0.2) is 5.69 Å². The predicted octanol–water partition coefficient (Wildman–Crippen LogP) is 1.57. The van der Waals surface area contributed by atoms with E-state index in [4.69, 9.17) is 9.57 Å². The standard InChI is InChI=1S/C16H19FN4O4S/c1-9-13(18-12-5-4-10(26)8-11(12)17)14(19-21(2)16(9)23)15(22)20-25-7-6-24-3/h4-5,8,18,26H,6-7H2,1-3H3,(H,20,22). The summed E-state index contributed by atoms with van der Waals surface area (Å²) in [6.07, 6.45) is 0. The van der Waals surface area contributed by atoms with Gasteiger partial charge in [-0.05, 0) is 25.1 Å². The van der Waals surface area contributed by atoms with Crippen molar-refractivity contribution in [2.45, 2.75) is 11.8 Å². The molecule has 0 bridgehead atoms. The first-order valence-electron chi connectivity index (χ1n) is 7.59. The number of carbonyl (C=O) groups excluding carboxylic acids is 1. The van der Waals surface area contributed by atoms with Crippen molar-refractivity contribution in [3.63, 3.8) is 0 Å². The number of ether oxygens (including phenoxy) is 1. The third-order valence-corrected chi connectivity index (χ3v) is 3.74. The van der Waals surface area contributed by atoms with E-state index in [2.05, 4.69) is 28.5 Å². The lowest BCUT2D eigenvalue weighted by molar-refractivity contribution is 0.00851. The number of nitrogens with one attached hydrogen (secondary N) is 2. The number of aromatic nitrogens is 2. The molecule has 2 aromatic rings. The Balaban J connectivity index is 2.38. The summed E-state index contributed by atoms with van der Waals surface area (Å²) in [7, 11) is 2.91. The lowest BCUT2D eigenvalue weighted by atomic mass is 10.2. The number of anilines is 2. The fourth-order valence-electron chi connectivity index (χ4n) is 2.11. The molecule has 0 saturated carbocycles. The largest absolute Gasteiger partial charge is 0.382 e. The van der Waals surface area contributed by atoms with Gasteiger partial charge in [-0.2, -0.15) is 5.10 Å². The number of thiol groups is 1. The highest BCUT2D eigenvalue weighted by Gasteiger charge is 2.20. The van der Waals surface area contributed by atoms with Crippen molar-refractivity contribution >= 4 is 29.9 Å². The lowest BCUT2D eigenvalue weighted by Crippen LogP contribution is -2.32. The molecular weight excluding hydrogens is 363 g/mol. The Morgan fingerprint density at radius 1 is 1.38 bits per heavy atom. The van der Waals surface area contributed by atoms with E-state index in [9.17, 15) is 14.0 Å². The molecule has 0 unspecified atom stereocenters. The number of aryl methyl sites for hydroxylation is 1. The Kier molecular flexibility index (Phi) is 6.72. The highest BCUT2D eigenvalue weighted by atomic mass is 32.1. The van der Waals surface area contributed by atoms with Crippen molar-refractivity contribution in [2.24, 2.45) is 7.05 Å². The maximum absolute atomic E-state index is 14.1. The maximum Gasteiger partial charge on any atom is 0.297 e. The number of hydrogen-bond donors (Lipinski definition) is 3. The molecule has 0 spiro atoms. The van der Waals surface area contributed by atoms with E-state index in [0.717, 1.165) is 4.68 Å². The Morgan fingerprint density at radius 2 is 2.12 bits per heavy atom. The van der Waals surface area contributed by atoms with Gasteiger partial charge in [-0.25, -0.2) is 14.6 Å². The molecule has 2 N–H and O–H groups in total. The number of methoxy groups -OCH3 is 1. The second-order valence-electron chi connectivity index (χ2n) is 5.34. The van der Waals surface area contributed by atoms with Crippen LogP contribution in [-0.4, -0.2) is 36.0 Å². The van der Waals surface area contributed by atoms with Gasteiger partial charge in [0.25, 0.3) is 11.5 Å². The Hall–Kier alpha value is -2.43. The van der Waals surface area contributed by atoms with Crippen LogP contribution in [0.15, 0.2) is 27.9 Å². The first-order valence-corrected chi connectivity index (χ1v) is 8.04. The number of benzene rings is 1. The van der Waals surface area contributed by atoms with Crippen molar-refractivity contribution in [1.29, 1.82) is 0 Å². The third kappa shape index (κ3) is 4.59. The normalized spacial score (nSPS) is 10.7. The van der Waals surface area contributed by atoms with Gasteiger partial charge in [0.2, 0.25) is 0 Å². The zero-order valence-corrected chi connectivity index (χ0v) is 15.4. The summed E-state index contributed by atoms with van der Waals surface area (Å²) in [5.74, 6) is -1.27. The summed E-state index contributed by atoms with van der Waals surface area (Å²) in [5.41, 5.74) is 2.06. The van der Waals surface area contributed by atoms with E-state index in [-0.39, 0.29) is 35.8 Å². The molecular formula is C16H19FN4O4S. The zero-order chi connectivity index (χ0) is 19.3. The van der Waals surface area contributed by atoms with Crippen LogP contribution in [0, 0.1) is 12.7 Å². The van der Waals surface area contributed by atoms with Crippen LogP contribution in [0.4, 0.5) is 15.8 Å². The SMILES string of the molecule is COCCONC(=O)c1nn(C)c(=O)c(C)c1Nc1ccc(S)cc1F. The number of rotatable bonds is 7. The van der Waals surface area contributed by atoms with Crippen LogP contribution in [0.5, 0.6) is 0 Å². The molecule has 1 amide bonds. The fraction of sp³-hybridized carbons (Fsp3) is 0.312. The molecule has 140 valence electrons. The van der Waals surface area contributed by atoms with Gasteiger partial charge < -0.3 is 10.1 Å². The van der Waals surface area contributed by atoms with Gasteiger partial charge in [0.05, 0.1) is 24.6 Å². The van der Waals surface area contributed by atoms with Crippen LogP contribution < -0.4 is 16.4 Å². The van der Waals surface area contributed by atoms with Crippen molar-refractivity contribution < 1.29 is 18.8 Å². The molecule has 1 aromatic heterocycles. The second kappa shape index (κ2) is 8.79. The lowest BCUT2D eigenvalue weighted by Gasteiger charge is -2.15. The molecule has 0 atom stereocenters. The van der Waals surface area contributed by atoms with Crippen LogP contribution >= 0.6 is 12.6 Å². The van der Waals surface area contributed by atoms with Crippen LogP contribution in [-0.2, 0) is 16.6 Å². The molecule has 2 rings (SSSR count). The van der Waals surface area contributed by atoms with Gasteiger partial charge in [0, 0.05) is 24.6 Å². The van der Waals surface area contributed by atoms with Crippen LogP contribution in [0.1, 0.15) is 16.1 Å². The smallest absolute Gasteiger partial charge is 0.297 e. The van der Waals surface area contributed by atoms with Crippen molar-refractivity contribution in [3.8, 4) is 0 Å². The van der Waals surface area contributed by atoms with Gasteiger partial charge in [-0.3, -0.25) is 14.4 Å². The average Bonchev–Trinajstić information content (AvgIpc) is 2.60. The van der Waals surface area contributed by atoms with Gasteiger partial charge in [0.1, 0.15) is 5.82 Å². The van der Waals surface area contributed by atoms with E-state index < -0.39 is 17.3 Å². The topological polar surface area (TPSA) is 94.5 Å². The van der Waals surface area contributed by atoms with Crippen molar-refractivity contribution in [2.75, 3.05) is 25.6 Å². The first kappa shape index (κ1) is 19.9. The molecule has 1 heterocycles. The number of hydrogen-bond acceptors (Lipinski definition) is 7. The van der Waals surface area contributed by atoms with Crippen LogP contribution in [0.3, 0.4) is 0 Å². The average molecular weight is 382 g/mol. The number of carbonyl (C=O) groups is 1. The summed E-state index contributed by atoms with van der Waals surface area (Å²) < 4.78 is 20.0. The van der Waals surface area contributed by atoms with E-state index in [1.807, 2.05) is 0 Å². The highest BCUT2D eigenvalue weighted by Crippen LogP contribution is 2.25. The van der Waals surface area contributed by atoms with E-state index in [0.29, 0.717) is 4.90 Å². The molecule has 0 saturated heterocycles. The molecule has 0 fully saturated rings. The van der Waals surface area contributed by atoms with Gasteiger partial charge >= 0.3 is 0 Å². The van der Waals surface area contributed by atoms with E-state index in [1.54, 1.807) is 6.07 Å². The summed E-state index contributed by atoms with van der Waals surface area (Å²) >= 11 is 4.06. The molecule has 0 radical (unpaired) electrons. The third-order valence-electron chi connectivity index (χ3n) is 3.46. The number of hydroxylamine groups is 1. The minimum Gasteiger partial charge on any atom is -0.382 e. The molecule has 8 nitrogen and oxygen atoms in total. The number of nitrogens with zero attached hydrogens (tertiary/aromatic N) is 2. The number of halogens is 1. The summed E-state index contributed by atoms with van der Waals surface area (Å²) in [6.45, 7) is 1.93. The molecule has 0 aliphatic carbocycles. The van der Waals surface area contributed by atoms with Crippen LogP contribution in [0.2, 0.25) is 0 Å². The highest BCUT2D eigenvalue weighted by molar-refractivity contribution is 7.80. The summed E-state index contributed by atoms with van der Waals surface area (Å²) in [6, 6.07) is 4.24. The van der Waals surface area contributed by atoms with Gasteiger partial charge in [-0.15, -0.1) is 12.6 Å². The minimum absolute atomic E-state index is 0.0790. The second-order valence-corrected chi connectivity index (χ2v) is 5.86. The predicted molar refractivity (Wildman–Crippen MR) is 96.4 cm³/mol. The fourth-order valence-corrected chi connectivity index (χ4v) is 2.30. The summed E-state index contributed by atoms with van der Waals surface area (Å²) in [5, 5.41) is 6.72. The van der Waals surface area contributed by atoms with Crippen molar-refractivity contribution in [3.05, 3.63) is 45.6 Å². The van der Waals surface area contributed by atoms with Gasteiger partial charge in [-0.1, -0.05) is 0 Å². The van der Waals surface area contributed by atoms with E-state index in [1.165, 1.54) is 33.2 Å². The molecule has 0 aliphatic rings. The quantitative estimate of drug-likeness (QED) is 0.382. The Labute approximate surface area is 154 Å². The number of amides is 1.